The Balaban J connectivity index is 1.21. The molecule has 52 heavy (non-hydrogen) atoms. The van der Waals surface area contributed by atoms with Gasteiger partial charge in [0.2, 0.25) is 5.69 Å². The van der Waals surface area contributed by atoms with Crippen LogP contribution in [0.5, 0.6) is 0 Å². The summed E-state index contributed by atoms with van der Waals surface area (Å²) >= 11 is 0. The van der Waals surface area contributed by atoms with Crippen LogP contribution in [0.1, 0.15) is 84.3 Å². The maximum absolute atomic E-state index is 12.4. The minimum absolute atomic E-state index is 0.0132. The van der Waals surface area contributed by atoms with Crippen LogP contribution in [0.3, 0.4) is 0 Å². The van der Waals surface area contributed by atoms with Crippen LogP contribution in [0.25, 0.3) is 21.5 Å². The summed E-state index contributed by atoms with van der Waals surface area (Å²) in [5.41, 5.74) is 7.56. The Hall–Kier alpha value is -4.55. The molecule has 0 atom stereocenters. The molecule has 0 saturated carbocycles. The molecule has 5 nitrogen and oxygen atoms in total. The summed E-state index contributed by atoms with van der Waals surface area (Å²) in [6.07, 6.45) is 14.9. The molecular formula is C46H53N2O3S+. The average Bonchev–Trinajstić information content (AvgIpc) is 3.49. The van der Waals surface area contributed by atoms with Gasteiger partial charge < -0.3 is 4.90 Å². The van der Waals surface area contributed by atoms with Gasteiger partial charge in [-0.2, -0.15) is 4.58 Å². The summed E-state index contributed by atoms with van der Waals surface area (Å²) < 4.78 is 25.8. The van der Waals surface area contributed by atoms with Crippen LogP contribution in [-0.4, -0.2) is 43.3 Å². The third-order valence-corrected chi connectivity index (χ3v) is 12.4. The van der Waals surface area contributed by atoms with E-state index in [-0.39, 0.29) is 22.4 Å². The third kappa shape index (κ3) is 7.23. The zero-order valence-corrected chi connectivity index (χ0v) is 32.3. The second kappa shape index (κ2) is 15.2. The molecular weight excluding hydrogens is 661 g/mol. The fourth-order valence-electron chi connectivity index (χ4n) is 8.46. The van der Waals surface area contributed by atoms with Crippen molar-refractivity contribution in [1.29, 1.82) is 0 Å². The molecule has 0 saturated heterocycles. The van der Waals surface area contributed by atoms with E-state index in [1.807, 2.05) is 0 Å². The monoisotopic (exact) mass is 713 g/mol. The largest absolute Gasteiger partial charge is 0.344 e. The predicted octanol–water partition coefficient (Wildman–Crippen LogP) is 10.7. The first-order valence-corrected chi connectivity index (χ1v) is 20.5. The van der Waals surface area contributed by atoms with E-state index in [9.17, 15) is 13.2 Å². The third-order valence-electron chi connectivity index (χ3n) is 11.0. The topological polar surface area (TPSA) is 57.5 Å². The normalized spacial score (nSPS) is 17.2. The molecule has 0 aromatic heterocycles. The number of hydrogen-bond acceptors (Lipinski definition) is 4. The highest BCUT2D eigenvalue weighted by molar-refractivity contribution is 7.94. The zero-order valence-electron chi connectivity index (χ0n) is 31.5. The Bertz CT molecular complexity index is 2250. The number of carbonyl (C=O) groups excluding carboxylic acids is 1. The Labute approximate surface area is 310 Å². The number of carbonyl (C=O) groups is 1. The fraction of sp³-hybridized carbons (Fsp3) is 0.348. The molecule has 6 rings (SSSR count). The summed E-state index contributed by atoms with van der Waals surface area (Å²) in [4.78, 5) is 14.9. The molecule has 0 N–H and O–H groups in total. The molecule has 2 aliphatic rings. The number of anilines is 1. The molecule has 0 aliphatic carbocycles. The summed E-state index contributed by atoms with van der Waals surface area (Å²) in [5, 5.41) is 6.12. The second-order valence-corrected chi connectivity index (χ2v) is 17.2. The van der Waals surface area contributed by atoms with Crippen LogP contribution in [0.2, 0.25) is 0 Å². The maximum Gasteiger partial charge on any atom is 0.210 e. The van der Waals surface area contributed by atoms with Crippen LogP contribution < -0.4 is 4.90 Å². The van der Waals surface area contributed by atoms with Gasteiger partial charge in [0.05, 0.1) is 11.2 Å². The van der Waals surface area contributed by atoms with Crippen LogP contribution in [-0.2, 0) is 25.5 Å². The molecule has 0 radical (unpaired) electrons. The highest BCUT2D eigenvalue weighted by atomic mass is 32.2. The molecule has 4 aromatic rings. The molecule has 0 spiro atoms. The van der Waals surface area contributed by atoms with Gasteiger partial charge in [-0.25, -0.2) is 8.42 Å². The highest BCUT2D eigenvalue weighted by Gasteiger charge is 2.45. The van der Waals surface area contributed by atoms with Crippen molar-refractivity contribution in [2.75, 3.05) is 23.7 Å². The van der Waals surface area contributed by atoms with Gasteiger partial charge in [0.1, 0.15) is 12.3 Å². The Morgan fingerprint density at radius 1 is 0.769 bits per heavy atom. The van der Waals surface area contributed by atoms with Crippen LogP contribution >= 0.6 is 0 Å². The van der Waals surface area contributed by atoms with Gasteiger partial charge >= 0.3 is 0 Å². The lowest BCUT2D eigenvalue weighted by Gasteiger charge is -2.26. The van der Waals surface area contributed by atoms with Crippen LogP contribution in [0.4, 0.5) is 11.4 Å². The standard InChI is InChI=1S/C46H53N2O3S/c1-7-47-39-30-28-34-20-14-16-24-37(34)43(39)45(3,4)41(47)26-12-9-13-27-42-46(5,6)44-38-25-17-15-21-35(38)29-31-40(44)48(42)32-18-10-11-22-36(49)23-19-33-52(50,51)8-2/h8-9,12-17,20-21,24-31H,2,7,10-11,18-19,22-23,32-33H2,1,3-6H3/q+1. The van der Waals surface area contributed by atoms with Crippen molar-refractivity contribution in [2.24, 2.45) is 0 Å². The first kappa shape index (κ1) is 37.2. The van der Waals surface area contributed by atoms with Gasteiger partial charge in [0.25, 0.3) is 0 Å². The van der Waals surface area contributed by atoms with E-state index >= 15 is 0 Å². The van der Waals surface area contributed by atoms with Crippen molar-refractivity contribution in [3.05, 3.63) is 132 Å². The quantitative estimate of drug-likeness (QED) is 0.0699. The zero-order chi connectivity index (χ0) is 37.1. The number of nitrogens with zero attached hydrogens (tertiary/aromatic N) is 2. The Kier molecular flexibility index (Phi) is 10.9. The van der Waals surface area contributed by atoms with E-state index in [0.717, 1.165) is 37.8 Å². The summed E-state index contributed by atoms with van der Waals surface area (Å²) in [7, 11) is -3.26. The number of unbranched alkanes of at least 4 members (excludes halogenated alkanes) is 2. The molecule has 4 aromatic carbocycles. The number of rotatable bonds is 15. The van der Waals surface area contributed by atoms with Crippen molar-refractivity contribution in [2.45, 2.75) is 84.0 Å². The number of hydrogen-bond donors (Lipinski definition) is 0. The molecule has 0 amide bonds. The van der Waals surface area contributed by atoms with Gasteiger partial charge in [-0.05, 0) is 85.4 Å². The number of Topliss-reactive ketones (excluding diaryl/α,β-unsaturated/α-hetero) is 1. The van der Waals surface area contributed by atoms with Gasteiger partial charge in [-0.15, -0.1) is 0 Å². The predicted molar refractivity (Wildman–Crippen MR) is 220 cm³/mol. The van der Waals surface area contributed by atoms with Crippen molar-refractivity contribution < 1.29 is 17.8 Å². The number of benzene rings is 4. The van der Waals surface area contributed by atoms with Gasteiger partial charge in [0, 0.05) is 65.7 Å². The smallest absolute Gasteiger partial charge is 0.210 e. The Morgan fingerprint density at radius 3 is 2.12 bits per heavy atom. The lowest BCUT2D eigenvalue weighted by Crippen LogP contribution is -2.28. The summed E-state index contributed by atoms with van der Waals surface area (Å²) in [5.74, 6) is 0.122. The van der Waals surface area contributed by atoms with Crippen LogP contribution in [0, 0.1) is 0 Å². The maximum atomic E-state index is 12.4. The molecule has 2 aliphatic heterocycles. The Morgan fingerprint density at radius 2 is 1.42 bits per heavy atom. The minimum Gasteiger partial charge on any atom is -0.344 e. The first-order valence-electron chi connectivity index (χ1n) is 18.8. The summed E-state index contributed by atoms with van der Waals surface area (Å²) in [6.45, 7) is 16.7. The molecule has 0 fully saturated rings. The number of allylic oxidation sites excluding steroid dienone is 6. The SMILES string of the molecule is C=CS(=O)(=O)CCCC(=O)CCCCC[N+]1=C(C=CC=CC=C2N(CC)c3ccc4ccccc4c3C2(C)C)C(C)(C)c2c1ccc1ccccc21. The van der Waals surface area contributed by atoms with E-state index < -0.39 is 9.84 Å². The fourth-order valence-corrected chi connectivity index (χ4v) is 9.17. The number of likely N-dealkylation sites (N-methyl/N-ethyl adjacent to an activating group) is 1. The highest BCUT2D eigenvalue weighted by Crippen LogP contribution is 2.50. The van der Waals surface area contributed by atoms with Crippen molar-refractivity contribution in [3.63, 3.8) is 0 Å². The van der Waals surface area contributed by atoms with Gasteiger partial charge in [-0.1, -0.05) is 93.3 Å². The average molecular weight is 714 g/mol. The van der Waals surface area contributed by atoms with Crippen molar-refractivity contribution in [3.8, 4) is 0 Å². The number of ketones is 1. The van der Waals surface area contributed by atoms with Crippen molar-refractivity contribution >= 4 is 54.3 Å². The molecule has 6 heteroatoms. The van der Waals surface area contributed by atoms with Gasteiger partial charge in [-0.3, -0.25) is 4.79 Å². The van der Waals surface area contributed by atoms with Gasteiger partial charge in [0.15, 0.2) is 15.5 Å². The summed E-state index contributed by atoms with van der Waals surface area (Å²) in [6, 6.07) is 26.4. The van der Waals surface area contributed by atoms with Crippen molar-refractivity contribution in [1.82, 2.24) is 0 Å². The molecule has 0 unspecified atom stereocenters. The van der Waals surface area contributed by atoms with E-state index in [1.165, 1.54) is 55.5 Å². The minimum atomic E-state index is -3.26. The molecule has 270 valence electrons. The lowest BCUT2D eigenvalue weighted by molar-refractivity contribution is -0.438. The first-order chi connectivity index (χ1) is 24.9. The van der Waals surface area contributed by atoms with Crippen LogP contribution in [0.15, 0.2) is 121 Å². The van der Waals surface area contributed by atoms with E-state index in [2.05, 4.69) is 154 Å². The van der Waals surface area contributed by atoms with E-state index in [0.29, 0.717) is 19.3 Å². The number of fused-ring (bicyclic) bond motifs is 6. The number of sulfone groups is 1. The second-order valence-electron chi connectivity index (χ2n) is 15.2. The lowest BCUT2D eigenvalue weighted by atomic mass is 9.79. The molecule has 0 bridgehead atoms. The van der Waals surface area contributed by atoms with E-state index in [4.69, 9.17) is 0 Å². The van der Waals surface area contributed by atoms with E-state index in [1.54, 1.807) is 0 Å². The molecule has 2 heterocycles.